The lowest BCUT2D eigenvalue weighted by Gasteiger charge is -2.37. The van der Waals surface area contributed by atoms with Crippen LogP contribution in [0.15, 0.2) is 36.9 Å². The maximum Gasteiger partial charge on any atom is 0.254 e. The Morgan fingerprint density at radius 1 is 1.18 bits per heavy atom. The van der Waals surface area contributed by atoms with Gasteiger partial charge in [0.25, 0.3) is 5.91 Å². The molecule has 0 aromatic heterocycles. The van der Waals surface area contributed by atoms with Crippen LogP contribution < -0.4 is 4.90 Å². The summed E-state index contributed by atoms with van der Waals surface area (Å²) < 4.78 is 5.22. The summed E-state index contributed by atoms with van der Waals surface area (Å²) in [6.45, 7) is 4.75. The summed E-state index contributed by atoms with van der Waals surface area (Å²) in [5.41, 5.74) is 1.40. The smallest absolute Gasteiger partial charge is 0.254 e. The molecule has 116 valence electrons. The van der Waals surface area contributed by atoms with Crippen molar-refractivity contribution in [3.05, 3.63) is 42.5 Å². The Kier molecular flexibility index (Phi) is 3.98. The van der Waals surface area contributed by atoms with E-state index >= 15 is 0 Å². The van der Waals surface area contributed by atoms with Crippen LogP contribution in [0.2, 0.25) is 0 Å². The van der Waals surface area contributed by atoms with Gasteiger partial charge in [0.05, 0.1) is 19.3 Å². The highest BCUT2D eigenvalue weighted by Gasteiger charge is 2.40. The summed E-state index contributed by atoms with van der Waals surface area (Å²) >= 11 is 0. The molecule has 0 radical (unpaired) electrons. The van der Waals surface area contributed by atoms with E-state index in [2.05, 4.69) is 6.58 Å². The Balaban J connectivity index is 1.75. The van der Waals surface area contributed by atoms with Crippen molar-refractivity contribution in [3.8, 4) is 0 Å². The molecule has 1 saturated carbocycles. The number of nitrogens with zero attached hydrogens (tertiary/aromatic N) is 2. The Morgan fingerprint density at radius 3 is 2.27 bits per heavy atom. The van der Waals surface area contributed by atoms with E-state index in [1.807, 2.05) is 4.90 Å². The average Bonchev–Trinajstić information content (AvgIpc) is 3.33. The van der Waals surface area contributed by atoms with Gasteiger partial charge in [-0.25, -0.2) is 0 Å². The predicted molar refractivity (Wildman–Crippen MR) is 83.8 cm³/mol. The standard InChI is InChI=1S/C17H20N2O3/c1-3-16(20)18(2)13-6-4-12(5-7-13)17(21)19(14-8-9-14)15-10-22-11-15/h3-7,14-15H,1,8-11H2,2H3. The van der Waals surface area contributed by atoms with E-state index in [9.17, 15) is 9.59 Å². The highest BCUT2D eigenvalue weighted by molar-refractivity contribution is 6.01. The van der Waals surface area contributed by atoms with Crippen molar-refractivity contribution in [2.45, 2.75) is 24.9 Å². The first-order chi connectivity index (χ1) is 10.6. The normalized spacial score (nSPS) is 17.5. The molecule has 3 rings (SSSR count). The van der Waals surface area contributed by atoms with E-state index in [0.717, 1.165) is 18.5 Å². The van der Waals surface area contributed by atoms with E-state index in [4.69, 9.17) is 4.74 Å². The van der Waals surface area contributed by atoms with Gasteiger partial charge in [0.1, 0.15) is 0 Å². The van der Waals surface area contributed by atoms with Crippen molar-refractivity contribution in [3.63, 3.8) is 0 Å². The van der Waals surface area contributed by atoms with E-state index in [-0.39, 0.29) is 17.9 Å². The van der Waals surface area contributed by atoms with Crippen molar-refractivity contribution in [1.29, 1.82) is 0 Å². The molecule has 5 nitrogen and oxygen atoms in total. The molecule has 1 heterocycles. The molecule has 1 saturated heterocycles. The average molecular weight is 300 g/mol. The molecule has 1 aliphatic carbocycles. The van der Waals surface area contributed by atoms with Gasteiger partial charge >= 0.3 is 0 Å². The highest BCUT2D eigenvalue weighted by atomic mass is 16.5. The number of ether oxygens (including phenoxy) is 1. The maximum atomic E-state index is 12.7. The number of carbonyl (C=O) groups is 2. The lowest BCUT2D eigenvalue weighted by Crippen LogP contribution is -2.52. The molecule has 0 atom stereocenters. The van der Waals surface area contributed by atoms with Gasteiger partial charge in [-0.3, -0.25) is 9.59 Å². The largest absolute Gasteiger partial charge is 0.377 e. The lowest BCUT2D eigenvalue weighted by molar-refractivity contribution is -0.113. The van der Waals surface area contributed by atoms with Gasteiger partial charge in [-0.05, 0) is 43.2 Å². The summed E-state index contributed by atoms with van der Waals surface area (Å²) in [6, 6.07) is 7.71. The first-order valence-corrected chi connectivity index (χ1v) is 7.52. The Hall–Kier alpha value is -2.14. The lowest BCUT2D eigenvalue weighted by atomic mass is 10.1. The van der Waals surface area contributed by atoms with Gasteiger partial charge in [0.15, 0.2) is 0 Å². The first-order valence-electron chi connectivity index (χ1n) is 7.52. The molecule has 0 N–H and O–H groups in total. The topological polar surface area (TPSA) is 49.9 Å². The van der Waals surface area contributed by atoms with Gasteiger partial charge in [0, 0.05) is 24.3 Å². The number of carbonyl (C=O) groups excluding carboxylic acids is 2. The van der Waals surface area contributed by atoms with Crippen molar-refractivity contribution in [2.24, 2.45) is 0 Å². The molecule has 0 spiro atoms. The molecule has 0 bridgehead atoms. The number of hydrogen-bond donors (Lipinski definition) is 0. The van der Waals surface area contributed by atoms with Crippen LogP contribution >= 0.6 is 0 Å². The van der Waals surface area contributed by atoms with Gasteiger partial charge in [-0.2, -0.15) is 0 Å². The number of likely N-dealkylation sites (N-methyl/N-ethyl adjacent to an activating group) is 1. The number of hydrogen-bond acceptors (Lipinski definition) is 3. The molecule has 1 aromatic rings. The summed E-state index contributed by atoms with van der Waals surface area (Å²) in [7, 11) is 1.68. The number of rotatable bonds is 5. The molecule has 22 heavy (non-hydrogen) atoms. The minimum absolute atomic E-state index is 0.0556. The third-order valence-corrected chi connectivity index (χ3v) is 4.20. The second kappa shape index (κ2) is 5.93. The minimum atomic E-state index is -0.176. The zero-order valence-corrected chi connectivity index (χ0v) is 12.7. The highest BCUT2D eigenvalue weighted by Crippen LogP contribution is 2.32. The fourth-order valence-electron chi connectivity index (χ4n) is 2.61. The molecule has 2 fully saturated rings. The molecule has 1 aliphatic heterocycles. The molecule has 2 amide bonds. The van der Waals surface area contributed by atoms with Crippen LogP contribution in [0.5, 0.6) is 0 Å². The summed E-state index contributed by atoms with van der Waals surface area (Å²) in [5.74, 6) is -0.120. The zero-order chi connectivity index (χ0) is 15.7. The predicted octanol–water partition coefficient (Wildman–Crippen LogP) is 1.84. The Morgan fingerprint density at radius 2 is 1.82 bits per heavy atom. The summed E-state index contributed by atoms with van der Waals surface area (Å²) in [5, 5.41) is 0. The van der Waals surface area contributed by atoms with Crippen molar-refractivity contribution >= 4 is 17.5 Å². The Labute approximate surface area is 130 Å². The van der Waals surface area contributed by atoms with Crippen molar-refractivity contribution in [1.82, 2.24) is 4.90 Å². The summed E-state index contributed by atoms with van der Waals surface area (Å²) in [6.07, 6.45) is 3.43. The second-order valence-electron chi connectivity index (χ2n) is 5.78. The van der Waals surface area contributed by atoms with E-state index < -0.39 is 0 Å². The van der Waals surface area contributed by atoms with Crippen LogP contribution in [-0.4, -0.2) is 49.1 Å². The molecular formula is C17H20N2O3. The molecule has 0 unspecified atom stereocenters. The fraction of sp³-hybridized carbons (Fsp3) is 0.412. The molecular weight excluding hydrogens is 280 g/mol. The van der Waals surface area contributed by atoms with E-state index in [0.29, 0.717) is 24.8 Å². The zero-order valence-electron chi connectivity index (χ0n) is 12.7. The van der Waals surface area contributed by atoms with Crippen LogP contribution in [-0.2, 0) is 9.53 Å². The SMILES string of the molecule is C=CC(=O)N(C)c1ccc(C(=O)N(C2CC2)C2COC2)cc1. The van der Waals surface area contributed by atoms with Gasteiger partial charge < -0.3 is 14.5 Å². The monoisotopic (exact) mass is 300 g/mol. The van der Waals surface area contributed by atoms with Crippen LogP contribution in [0, 0.1) is 0 Å². The number of anilines is 1. The third-order valence-electron chi connectivity index (χ3n) is 4.20. The van der Waals surface area contributed by atoms with Crippen LogP contribution in [0.4, 0.5) is 5.69 Å². The van der Waals surface area contributed by atoms with Crippen molar-refractivity contribution < 1.29 is 14.3 Å². The van der Waals surface area contributed by atoms with E-state index in [1.165, 1.54) is 11.0 Å². The quantitative estimate of drug-likeness (QED) is 0.780. The Bertz CT molecular complexity index is 588. The number of amides is 2. The molecule has 1 aromatic carbocycles. The minimum Gasteiger partial charge on any atom is -0.377 e. The van der Waals surface area contributed by atoms with Gasteiger partial charge in [-0.15, -0.1) is 0 Å². The first kappa shape index (κ1) is 14.8. The number of benzene rings is 1. The maximum absolute atomic E-state index is 12.7. The van der Waals surface area contributed by atoms with Crippen LogP contribution in [0.1, 0.15) is 23.2 Å². The molecule has 2 aliphatic rings. The van der Waals surface area contributed by atoms with Gasteiger partial charge in [0.2, 0.25) is 5.91 Å². The fourth-order valence-corrected chi connectivity index (χ4v) is 2.61. The summed E-state index contributed by atoms with van der Waals surface area (Å²) in [4.78, 5) is 27.8. The van der Waals surface area contributed by atoms with E-state index in [1.54, 1.807) is 31.3 Å². The van der Waals surface area contributed by atoms with Crippen LogP contribution in [0.3, 0.4) is 0 Å². The van der Waals surface area contributed by atoms with Gasteiger partial charge in [-0.1, -0.05) is 6.58 Å². The third kappa shape index (κ3) is 2.76. The van der Waals surface area contributed by atoms with Crippen molar-refractivity contribution in [2.75, 3.05) is 25.2 Å². The second-order valence-corrected chi connectivity index (χ2v) is 5.78. The van der Waals surface area contributed by atoms with Crippen LogP contribution in [0.25, 0.3) is 0 Å². The molecule has 5 heteroatoms.